The van der Waals surface area contributed by atoms with Crippen LogP contribution in [0.3, 0.4) is 0 Å². The van der Waals surface area contributed by atoms with Crippen molar-refractivity contribution in [2.75, 3.05) is 0 Å². The van der Waals surface area contributed by atoms with Crippen LogP contribution in [0.1, 0.15) is 79.6 Å². The third-order valence-electron chi connectivity index (χ3n) is 3.69. The molecular weight excluding hydrogens is 216 g/mol. The first-order chi connectivity index (χ1) is 8.67. The van der Waals surface area contributed by atoms with Crippen molar-refractivity contribution >= 4 is 0 Å². The summed E-state index contributed by atoms with van der Waals surface area (Å²) in [6, 6.07) is 0. The van der Waals surface area contributed by atoms with Gasteiger partial charge in [0.05, 0.1) is 0 Å². The fraction of sp³-hybridized carbons (Fsp3) is 0.667. The zero-order valence-electron chi connectivity index (χ0n) is 13.2. The molecule has 0 aliphatic heterocycles. The summed E-state index contributed by atoms with van der Waals surface area (Å²) in [6.07, 6.45) is 15.6. The molecule has 0 radical (unpaired) electrons. The Bertz CT molecular complexity index is 283. The highest BCUT2D eigenvalue weighted by atomic mass is 14.0. The van der Waals surface area contributed by atoms with E-state index in [-0.39, 0.29) is 0 Å². The third kappa shape index (κ3) is 8.33. The van der Waals surface area contributed by atoms with Crippen LogP contribution in [-0.2, 0) is 0 Å². The van der Waals surface area contributed by atoms with E-state index >= 15 is 0 Å². The van der Waals surface area contributed by atoms with Gasteiger partial charge in [0.25, 0.3) is 0 Å². The predicted molar refractivity (Wildman–Crippen MR) is 84.9 cm³/mol. The van der Waals surface area contributed by atoms with Crippen LogP contribution in [0.25, 0.3) is 0 Å². The van der Waals surface area contributed by atoms with Crippen LogP contribution in [-0.4, -0.2) is 0 Å². The van der Waals surface area contributed by atoms with Gasteiger partial charge in [-0.2, -0.15) is 0 Å². The highest BCUT2D eigenvalue weighted by Gasteiger charge is 1.94. The first-order valence-electron chi connectivity index (χ1n) is 7.69. The second-order valence-corrected chi connectivity index (χ2v) is 4.96. The SMILES string of the molecule is CCC(=CC/C=C(\CC)CC/C=C(\C)CC)CC. The van der Waals surface area contributed by atoms with Gasteiger partial charge in [-0.25, -0.2) is 0 Å². The van der Waals surface area contributed by atoms with Gasteiger partial charge in [0.2, 0.25) is 0 Å². The molecule has 0 nitrogen and oxygen atoms in total. The summed E-state index contributed by atoms with van der Waals surface area (Å²) in [5, 5.41) is 0. The molecule has 0 aromatic heterocycles. The summed E-state index contributed by atoms with van der Waals surface area (Å²) < 4.78 is 0. The first-order valence-corrected chi connectivity index (χ1v) is 7.69. The summed E-state index contributed by atoms with van der Waals surface area (Å²) in [5.74, 6) is 0. The Balaban J connectivity index is 4.20. The molecule has 0 fully saturated rings. The van der Waals surface area contributed by atoms with E-state index in [9.17, 15) is 0 Å². The van der Waals surface area contributed by atoms with Gasteiger partial charge in [-0.1, -0.05) is 62.6 Å². The van der Waals surface area contributed by atoms with Gasteiger partial charge in [0.15, 0.2) is 0 Å². The summed E-state index contributed by atoms with van der Waals surface area (Å²) in [6.45, 7) is 11.2. The molecule has 0 atom stereocenters. The Kier molecular flexibility index (Phi) is 10.8. The summed E-state index contributed by atoms with van der Waals surface area (Å²) in [4.78, 5) is 0. The molecule has 0 N–H and O–H groups in total. The van der Waals surface area contributed by atoms with E-state index in [1.165, 1.54) is 44.1 Å². The maximum atomic E-state index is 2.43. The highest BCUT2D eigenvalue weighted by Crippen LogP contribution is 2.14. The number of allylic oxidation sites excluding steroid dienone is 6. The molecule has 0 amide bonds. The lowest BCUT2D eigenvalue weighted by atomic mass is 10.0. The van der Waals surface area contributed by atoms with Crippen molar-refractivity contribution < 1.29 is 0 Å². The van der Waals surface area contributed by atoms with Crippen LogP contribution in [0.5, 0.6) is 0 Å². The van der Waals surface area contributed by atoms with Gasteiger partial charge in [-0.15, -0.1) is 0 Å². The molecule has 0 saturated carbocycles. The molecule has 0 rings (SSSR count). The summed E-state index contributed by atoms with van der Waals surface area (Å²) in [7, 11) is 0. The number of rotatable bonds is 9. The van der Waals surface area contributed by atoms with E-state index in [0.717, 1.165) is 6.42 Å². The molecule has 0 heteroatoms. The standard InChI is InChI=1S/C18H32/c1-6-16(5)12-10-14-18(9-4)15-11-13-17(7-2)8-3/h12-13,15H,6-11,14H2,1-5H3/b16-12+,18-15+. The van der Waals surface area contributed by atoms with Crippen molar-refractivity contribution in [3.05, 3.63) is 34.9 Å². The average Bonchev–Trinajstić information content (AvgIpc) is 2.41. The zero-order valence-corrected chi connectivity index (χ0v) is 13.2. The fourth-order valence-corrected chi connectivity index (χ4v) is 2.00. The number of hydrogen-bond donors (Lipinski definition) is 0. The summed E-state index contributed by atoms with van der Waals surface area (Å²) in [5.41, 5.74) is 4.71. The Hall–Kier alpha value is -0.780. The molecule has 0 bridgehead atoms. The third-order valence-corrected chi connectivity index (χ3v) is 3.69. The van der Waals surface area contributed by atoms with Crippen molar-refractivity contribution in [2.24, 2.45) is 0 Å². The van der Waals surface area contributed by atoms with E-state index < -0.39 is 0 Å². The van der Waals surface area contributed by atoms with Crippen LogP contribution in [0.15, 0.2) is 34.9 Å². The van der Waals surface area contributed by atoms with E-state index in [2.05, 4.69) is 52.8 Å². The quantitative estimate of drug-likeness (QED) is 0.403. The molecule has 104 valence electrons. The maximum absolute atomic E-state index is 2.43. The van der Waals surface area contributed by atoms with Gasteiger partial charge in [-0.3, -0.25) is 0 Å². The second kappa shape index (κ2) is 11.3. The van der Waals surface area contributed by atoms with Crippen molar-refractivity contribution in [3.8, 4) is 0 Å². The molecule has 0 aromatic carbocycles. The van der Waals surface area contributed by atoms with Crippen LogP contribution in [0.2, 0.25) is 0 Å². The maximum Gasteiger partial charge on any atom is -0.0164 e. The molecule has 0 aliphatic carbocycles. The van der Waals surface area contributed by atoms with Crippen LogP contribution in [0.4, 0.5) is 0 Å². The highest BCUT2D eigenvalue weighted by molar-refractivity contribution is 5.10. The second-order valence-electron chi connectivity index (χ2n) is 4.96. The molecule has 0 spiro atoms. The lowest BCUT2D eigenvalue weighted by Gasteiger charge is -2.03. The van der Waals surface area contributed by atoms with E-state index in [0.29, 0.717) is 0 Å². The molecule has 0 aliphatic rings. The lowest BCUT2D eigenvalue weighted by molar-refractivity contribution is 0.885. The van der Waals surface area contributed by atoms with E-state index in [1.54, 1.807) is 11.1 Å². The molecule has 18 heavy (non-hydrogen) atoms. The predicted octanol–water partition coefficient (Wildman–Crippen LogP) is 6.60. The van der Waals surface area contributed by atoms with Crippen molar-refractivity contribution in [1.82, 2.24) is 0 Å². The largest absolute Gasteiger partial charge is 0.0853 e. The molecule has 0 saturated heterocycles. The van der Waals surface area contributed by atoms with Crippen LogP contribution >= 0.6 is 0 Å². The molecule has 0 unspecified atom stereocenters. The Morgan fingerprint density at radius 3 is 1.78 bits per heavy atom. The monoisotopic (exact) mass is 248 g/mol. The smallest absolute Gasteiger partial charge is 0.0164 e. The fourth-order valence-electron chi connectivity index (χ4n) is 2.00. The van der Waals surface area contributed by atoms with Gasteiger partial charge in [0, 0.05) is 0 Å². The van der Waals surface area contributed by atoms with Crippen molar-refractivity contribution in [2.45, 2.75) is 79.6 Å². The van der Waals surface area contributed by atoms with Gasteiger partial charge >= 0.3 is 0 Å². The average molecular weight is 248 g/mol. The van der Waals surface area contributed by atoms with Gasteiger partial charge in [-0.05, 0) is 51.9 Å². The van der Waals surface area contributed by atoms with Gasteiger partial charge < -0.3 is 0 Å². The minimum absolute atomic E-state index is 1.12. The summed E-state index contributed by atoms with van der Waals surface area (Å²) >= 11 is 0. The van der Waals surface area contributed by atoms with Crippen LogP contribution in [0, 0.1) is 0 Å². The Morgan fingerprint density at radius 1 is 0.722 bits per heavy atom. The molecular formula is C18H32. The zero-order chi connectivity index (χ0) is 13.8. The van der Waals surface area contributed by atoms with Crippen molar-refractivity contribution in [3.63, 3.8) is 0 Å². The first kappa shape index (κ1) is 17.2. The topological polar surface area (TPSA) is 0 Å². The van der Waals surface area contributed by atoms with E-state index in [4.69, 9.17) is 0 Å². The Morgan fingerprint density at radius 2 is 1.28 bits per heavy atom. The minimum atomic E-state index is 1.12. The van der Waals surface area contributed by atoms with Crippen molar-refractivity contribution in [1.29, 1.82) is 0 Å². The van der Waals surface area contributed by atoms with Crippen LogP contribution < -0.4 is 0 Å². The molecule has 0 aromatic rings. The van der Waals surface area contributed by atoms with Gasteiger partial charge in [0.1, 0.15) is 0 Å². The molecule has 0 heterocycles. The van der Waals surface area contributed by atoms with E-state index in [1.807, 2.05) is 0 Å². The number of hydrogen-bond acceptors (Lipinski definition) is 0. The minimum Gasteiger partial charge on any atom is -0.0853 e. The normalized spacial score (nSPS) is 12.7. The lowest BCUT2D eigenvalue weighted by Crippen LogP contribution is -1.83. The Labute approximate surface area is 115 Å².